The molecule has 0 aliphatic carbocycles. The van der Waals surface area contributed by atoms with Crippen molar-refractivity contribution in [3.8, 4) is 0 Å². The molecule has 1 aliphatic heterocycles. The quantitative estimate of drug-likeness (QED) is 0.742. The minimum Gasteiger partial charge on any atom is -0.343 e. The molecule has 18 heavy (non-hydrogen) atoms. The molecule has 1 aliphatic rings. The van der Waals surface area contributed by atoms with Gasteiger partial charge in [-0.2, -0.15) is 0 Å². The van der Waals surface area contributed by atoms with Crippen LogP contribution in [0.2, 0.25) is 0 Å². The number of carbonyl (C=O) groups is 1. The molecule has 106 valence electrons. The molecule has 1 rings (SSSR count). The maximum atomic E-state index is 11.7. The molecule has 1 fully saturated rings. The minimum atomic E-state index is -3.14. The van der Waals surface area contributed by atoms with Gasteiger partial charge in [0.15, 0.2) is 0 Å². The van der Waals surface area contributed by atoms with E-state index in [1.54, 1.807) is 11.8 Å². The summed E-state index contributed by atoms with van der Waals surface area (Å²) in [7, 11) is -3.14. The van der Waals surface area contributed by atoms with Gasteiger partial charge in [0.2, 0.25) is 15.9 Å². The highest BCUT2D eigenvalue weighted by atomic mass is 35.5. The highest BCUT2D eigenvalue weighted by Crippen LogP contribution is 2.13. The van der Waals surface area contributed by atoms with Crippen LogP contribution >= 0.6 is 11.6 Å². The summed E-state index contributed by atoms with van der Waals surface area (Å²) in [5.74, 6) is 0.716. The van der Waals surface area contributed by atoms with Crippen LogP contribution in [0.1, 0.15) is 32.6 Å². The average Bonchev–Trinajstić information content (AvgIpc) is 2.36. The van der Waals surface area contributed by atoms with E-state index < -0.39 is 10.0 Å². The fourth-order valence-corrected chi connectivity index (χ4v) is 3.00. The molecule has 0 saturated carbocycles. The number of carbonyl (C=O) groups excluding carboxylic acids is 1. The van der Waals surface area contributed by atoms with Gasteiger partial charge in [0.1, 0.15) is 0 Å². The van der Waals surface area contributed by atoms with Crippen LogP contribution in [-0.2, 0) is 14.8 Å². The molecule has 1 saturated heterocycles. The highest BCUT2D eigenvalue weighted by molar-refractivity contribution is 7.89. The second-order valence-corrected chi connectivity index (χ2v) is 6.89. The van der Waals surface area contributed by atoms with Crippen molar-refractivity contribution in [1.82, 2.24) is 9.62 Å². The zero-order valence-corrected chi connectivity index (χ0v) is 12.3. The first-order chi connectivity index (χ1) is 8.48. The van der Waals surface area contributed by atoms with Gasteiger partial charge in [-0.1, -0.05) is 0 Å². The number of hydrogen-bond donors (Lipinski definition) is 1. The third kappa shape index (κ3) is 5.12. The third-order valence-corrected chi connectivity index (χ3v) is 4.82. The Kier molecular flexibility index (Phi) is 6.38. The first kappa shape index (κ1) is 15.7. The molecule has 0 atom stereocenters. The van der Waals surface area contributed by atoms with Gasteiger partial charge >= 0.3 is 0 Å². The fourth-order valence-electron chi connectivity index (χ4n) is 1.96. The average molecular weight is 297 g/mol. The Morgan fingerprint density at radius 3 is 2.50 bits per heavy atom. The molecule has 0 bridgehead atoms. The number of rotatable bonds is 6. The molecular weight excluding hydrogens is 276 g/mol. The largest absolute Gasteiger partial charge is 0.343 e. The van der Waals surface area contributed by atoms with E-state index in [1.165, 1.54) is 0 Å². The SMILES string of the molecule is CCS(=O)(=O)NC1CCN(C(=O)CCCCl)CC1. The van der Waals surface area contributed by atoms with Crippen molar-refractivity contribution in [2.24, 2.45) is 0 Å². The number of likely N-dealkylation sites (tertiary alicyclic amines) is 1. The zero-order chi connectivity index (χ0) is 13.6. The second kappa shape index (κ2) is 7.31. The molecule has 0 aromatic rings. The van der Waals surface area contributed by atoms with Crippen LogP contribution in [0.5, 0.6) is 0 Å². The first-order valence-corrected chi connectivity index (χ1v) is 8.51. The van der Waals surface area contributed by atoms with Crippen LogP contribution in [0.25, 0.3) is 0 Å². The van der Waals surface area contributed by atoms with Crippen molar-refractivity contribution in [2.45, 2.75) is 38.6 Å². The zero-order valence-electron chi connectivity index (χ0n) is 10.7. The number of nitrogens with zero attached hydrogens (tertiary/aromatic N) is 1. The van der Waals surface area contributed by atoms with Crippen LogP contribution in [0.4, 0.5) is 0 Å². The Hall–Kier alpha value is -0.330. The van der Waals surface area contributed by atoms with E-state index in [2.05, 4.69) is 4.72 Å². The van der Waals surface area contributed by atoms with Crippen LogP contribution < -0.4 is 4.72 Å². The molecule has 7 heteroatoms. The number of amides is 1. The summed E-state index contributed by atoms with van der Waals surface area (Å²) >= 11 is 5.55. The Balaban J connectivity index is 2.35. The number of hydrogen-bond acceptors (Lipinski definition) is 3. The molecule has 5 nitrogen and oxygen atoms in total. The lowest BCUT2D eigenvalue weighted by Gasteiger charge is -2.32. The van der Waals surface area contributed by atoms with E-state index in [9.17, 15) is 13.2 Å². The topological polar surface area (TPSA) is 66.5 Å². The number of alkyl halides is 1. The van der Waals surface area contributed by atoms with E-state index in [4.69, 9.17) is 11.6 Å². The van der Waals surface area contributed by atoms with Crippen molar-refractivity contribution < 1.29 is 13.2 Å². The van der Waals surface area contributed by atoms with Gasteiger partial charge in [0, 0.05) is 31.4 Å². The molecule has 1 amide bonds. The monoisotopic (exact) mass is 296 g/mol. The van der Waals surface area contributed by atoms with Gasteiger partial charge in [-0.15, -0.1) is 11.6 Å². The molecule has 0 aromatic heterocycles. The normalized spacial score (nSPS) is 18.0. The maximum absolute atomic E-state index is 11.7. The Labute approximate surface area is 114 Å². The first-order valence-electron chi connectivity index (χ1n) is 6.32. The molecular formula is C11H21ClN2O3S. The number of piperidine rings is 1. The van der Waals surface area contributed by atoms with Crippen molar-refractivity contribution in [3.63, 3.8) is 0 Å². The van der Waals surface area contributed by atoms with Crippen molar-refractivity contribution in [3.05, 3.63) is 0 Å². The van der Waals surface area contributed by atoms with Gasteiger partial charge < -0.3 is 4.90 Å². The summed E-state index contributed by atoms with van der Waals surface area (Å²) in [6.45, 7) is 2.86. The van der Waals surface area contributed by atoms with Crippen LogP contribution in [-0.4, -0.2) is 50.0 Å². The Bertz CT molecular complexity index is 364. The predicted molar refractivity (Wildman–Crippen MR) is 72.2 cm³/mol. The molecule has 0 spiro atoms. The summed E-state index contributed by atoms with van der Waals surface area (Å²) in [5, 5.41) is 0. The van der Waals surface area contributed by atoms with Gasteiger partial charge in [0.05, 0.1) is 5.75 Å². The Morgan fingerprint density at radius 2 is 2.00 bits per heavy atom. The summed E-state index contributed by atoms with van der Waals surface area (Å²) < 4.78 is 25.5. The summed E-state index contributed by atoms with van der Waals surface area (Å²) in [6, 6.07) is -0.0352. The van der Waals surface area contributed by atoms with E-state index in [0.717, 1.165) is 0 Å². The lowest BCUT2D eigenvalue weighted by atomic mass is 10.1. The van der Waals surface area contributed by atoms with E-state index in [1.807, 2.05) is 0 Å². The number of halogens is 1. The van der Waals surface area contributed by atoms with E-state index >= 15 is 0 Å². The number of nitrogens with one attached hydrogen (secondary N) is 1. The Morgan fingerprint density at radius 1 is 1.39 bits per heavy atom. The minimum absolute atomic E-state index is 0.0352. The molecule has 1 N–H and O–H groups in total. The summed E-state index contributed by atoms with van der Waals surface area (Å²) in [4.78, 5) is 13.5. The van der Waals surface area contributed by atoms with Crippen LogP contribution in [0.3, 0.4) is 0 Å². The van der Waals surface area contributed by atoms with Gasteiger partial charge in [-0.3, -0.25) is 4.79 Å². The lowest BCUT2D eigenvalue weighted by molar-refractivity contribution is -0.132. The summed E-state index contributed by atoms with van der Waals surface area (Å²) in [5.41, 5.74) is 0. The smallest absolute Gasteiger partial charge is 0.222 e. The van der Waals surface area contributed by atoms with Gasteiger partial charge in [0.25, 0.3) is 0 Å². The van der Waals surface area contributed by atoms with E-state index in [-0.39, 0.29) is 17.7 Å². The highest BCUT2D eigenvalue weighted by Gasteiger charge is 2.24. The lowest BCUT2D eigenvalue weighted by Crippen LogP contribution is -2.46. The predicted octanol–water partition coefficient (Wildman–Crippen LogP) is 0.936. The van der Waals surface area contributed by atoms with Crippen LogP contribution in [0, 0.1) is 0 Å². The van der Waals surface area contributed by atoms with Crippen molar-refractivity contribution in [1.29, 1.82) is 0 Å². The van der Waals surface area contributed by atoms with Crippen molar-refractivity contribution in [2.75, 3.05) is 24.7 Å². The number of sulfonamides is 1. The fraction of sp³-hybridized carbons (Fsp3) is 0.909. The van der Waals surface area contributed by atoms with Gasteiger partial charge in [-0.25, -0.2) is 13.1 Å². The van der Waals surface area contributed by atoms with Crippen LogP contribution in [0.15, 0.2) is 0 Å². The molecule has 0 radical (unpaired) electrons. The third-order valence-electron chi connectivity index (χ3n) is 3.10. The van der Waals surface area contributed by atoms with Crippen molar-refractivity contribution >= 4 is 27.5 Å². The van der Waals surface area contributed by atoms with Gasteiger partial charge in [-0.05, 0) is 26.2 Å². The molecule has 1 heterocycles. The molecule has 0 aromatic carbocycles. The summed E-state index contributed by atoms with van der Waals surface area (Å²) in [6.07, 6.45) is 2.55. The standard InChI is InChI=1S/C11H21ClN2O3S/c1-2-18(16,17)13-10-5-8-14(9-6-10)11(15)4-3-7-12/h10,13H,2-9H2,1H3. The molecule has 0 unspecified atom stereocenters. The maximum Gasteiger partial charge on any atom is 0.222 e. The second-order valence-electron chi connectivity index (χ2n) is 4.47. The van der Waals surface area contributed by atoms with E-state index in [0.29, 0.717) is 44.7 Å².